The number of fused-ring (bicyclic) bond motifs is 3. The molecule has 4 aliphatic rings. The van der Waals surface area contributed by atoms with Crippen molar-refractivity contribution in [3.8, 4) is 0 Å². The standard InChI is InChI=1S/C30H33N3O5/c1-4-21(18-34)33-25-28(37)32(22-12-11-19-9-5-6-10-20(19)17-22)16-8-14-30(25)24(27(33)36)23-26(35)31(3)15-7-13-29(23,2)38-30/h5-14,17,21,23-25,34H,4,15-16,18H2,1-3H3/t21-,23-,24-,25?,29+,30-/m0/s1. The van der Waals surface area contributed by atoms with Crippen LogP contribution in [0.15, 0.2) is 66.8 Å². The number of nitrogens with zero attached hydrogens (tertiary/aromatic N) is 3. The highest BCUT2D eigenvalue weighted by atomic mass is 16.5. The highest BCUT2D eigenvalue weighted by Gasteiger charge is 2.75. The van der Waals surface area contributed by atoms with Crippen LogP contribution in [0.5, 0.6) is 0 Å². The number of anilines is 1. The Balaban J connectivity index is 1.51. The van der Waals surface area contributed by atoms with Gasteiger partial charge >= 0.3 is 0 Å². The lowest BCUT2D eigenvalue weighted by molar-refractivity contribution is -0.150. The number of carbonyl (C=O) groups excluding carboxylic acids is 3. The topological polar surface area (TPSA) is 90.4 Å². The van der Waals surface area contributed by atoms with Gasteiger partial charge in [-0.2, -0.15) is 0 Å². The summed E-state index contributed by atoms with van der Waals surface area (Å²) in [5.41, 5.74) is -1.66. The molecule has 6 rings (SSSR count). The number of ether oxygens (including phenoxy) is 1. The van der Waals surface area contributed by atoms with Crippen LogP contribution in [0.1, 0.15) is 20.3 Å². The van der Waals surface area contributed by atoms with Crippen molar-refractivity contribution >= 4 is 34.2 Å². The molecule has 1 spiro atoms. The van der Waals surface area contributed by atoms with Gasteiger partial charge in [-0.25, -0.2) is 0 Å². The van der Waals surface area contributed by atoms with Crippen LogP contribution in [0.3, 0.4) is 0 Å². The van der Waals surface area contributed by atoms with Crippen molar-refractivity contribution in [2.45, 2.75) is 43.6 Å². The fourth-order valence-electron chi connectivity index (χ4n) is 6.97. The van der Waals surface area contributed by atoms with Gasteiger partial charge in [0.2, 0.25) is 11.8 Å². The number of carbonyl (C=O) groups is 3. The maximum atomic E-state index is 14.5. The van der Waals surface area contributed by atoms with Crippen LogP contribution < -0.4 is 4.90 Å². The number of hydrogen-bond donors (Lipinski definition) is 1. The summed E-state index contributed by atoms with van der Waals surface area (Å²) in [7, 11) is 1.72. The molecular weight excluding hydrogens is 482 g/mol. The number of aliphatic hydroxyl groups excluding tert-OH is 1. The molecule has 0 radical (unpaired) electrons. The summed E-state index contributed by atoms with van der Waals surface area (Å²) < 4.78 is 6.80. The molecule has 4 aliphatic heterocycles. The number of benzene rings is 2. The van der Waals surface area contributed by atoms with E-state index in [0.29, 0.717) is 19.5 Å². The first-order valence-electron chi connectivity index (χ1n) is 13.3. The summed E-state index contributed by atoms with van der Waals surface area (Å²) in [5.74, 6) is -2.44. The molecule has 2 aromatic rings. The Morgan fingerprint density at radius 3 is 2.45 bits per heavy atom. The Morgan fingerprint density at radius 2 is 1.71 bits per heavy atom. The number of aliphatic hydroxyl groups is 1. The molecule has 2 aromatic carbocycles. The normalized spacial score (nSPS) is 33.3. The van der Waals surface area contributed by atoms with E-state index >= 15 is 0 Å². The molecule has 0 saturated carbocycles. The second-order valence-corrected chi connectivity index (χ2v) is 11.0. The first kappa shape index (κ1) is 24.8. The second-order valence-electron chi connectivity index (χ2n) is 11.0. The van der Waals surface area contributed by atoms with Crippen molar-refractivity contribution in [3.63, 3.8) is 0 Å². The SMILES string of the molecule is CC[C@@H](CO)N1C(=O)[C@@H]2[C@H]3C(=O)N(C)CC=C[C@@]3(C)O[C@@]23C=CCN(c2ccc4ccccc4c2)C(=O)C13. The predicted molar refractivity (Wildman–Crippen MR) is 143 cm³/mol. The van der Waals surface area contributed by atoms with E-state index in [-0.39, 0.29) is 24.3 Å². The van der Waals surface area contributed by atoms with Crippen molar-refractivity contribution in [2.75, 3.05) is 31.6 Å². The van der Waals surface area contributed by atoms with Crippen molar-refractivity contribution in [2.24, 2.45) is 11.8 Å². The monoisotopic (exact) mass is 515 g/mol. The Bertz CT molecular complexity index is 1380. The third kappa shape index (κ3) is 3.33. The van der Waals surface area contributed by atoms with E-state index in [9.17, 15) is 19.5 Å². The number of hydrogen-bond acceptors (Lipinski definition) is 5. The fraction of sp³-hybridized carbons (Fsp3) is 0.433. The minimum atomic E-state index is -1.33. The molecule has 198 valence electrons. The molecular formula is C30H33N3O5. The Kier molecular flexibility index (Phi) is 5.74. The molecule has 2 fully saturated rings. The molecule has 2 saturated heterocycles. The summed E-state index contributed by atoms with van der Waals surface area (Å²) in [6, 6.07) is 12.2. The van der Waals surface area contributed by atoms with E-state index in [0.717, 1.165) is 16.5 Å². The van der Waals surface area contributed by atoms with Gasteiger partial charge in [0.05, 0.1) is 30.1 Å². The van der Waals surface area contributed by atoms with Gasteiger partial charge in [-0.3, -0.25) is 14.4 Å². The largest absolute Gasteiger partial charge is 0.394 e. The van der Waals surface area contributed by atoms with Crippen molar-refractivity contribution in [1.29, 1.82) is 0 Å². The molecule has 8 nitrogen and oxygen atoms in total. The van der Waals surface area contributed by atoms with Gasteiger partial charge in [0, 0.05) is 25.8 Å². The molecule has 6 atom stereocenters. The van der Waals surface area contributed by atoms with Crippen LogP contribution in [0, 0.1) is 11.8 Å². The summed E-state index contributed by atoms with van der Waals surface area (Å²) in [4.78, 5) is 47.3. The van der Waals surface area contributed by atoms with Crippen molar-refractivity contribution in [3.05, 3.63) is 66.8 Å². The van der Waals surface area contributed by atoms with Crippen molar-refractivity contribution in [1.82, 2.24) is 9.80 Å². The fourth-order valence-corrected chi connectivity index (χ4v) is 6.97. The first-order chi connectivity index (χ1) is 18.3. The lowest BCUT2D eigenvalue weighted by Gasteiger charge is -2.40. The summed E-state index contributed by atoms with van der Waals surface area (Å²) in [5, 5.41) is 12.3. The van der Waals surface area contributed by atoms with E-state index in [2.05, 4.69) is 0 Å². The maximum absolute atomic E-state index is 14.5. The number of amides is 3. The Morgan fingerprint density at radius 1 is 0.974 bits per heavy atom. The van der Waals surface area contributed by atoms with E-state index in [1.54, 1.807) is 16.8 Å². The highest BCUT2D eigenvalue weighted by molar-refractivity contribution is 6.06. The van der Waals surface area contributed by atoms with E-state index < -0.39 is 35.1 Å². The highest BCUT2D eigenvalue weighted by Crippen LogP contribution is 2.58. The zero-order valence-electron chi connectivity index (χ0n) is 21.9. The molecule has 38 heavy (non-hydrogen) atoms. The third-order valence-corrected chi connectivity index (χ3v) is 8.82. The van der Waals surface area contributed by atoms with Crippen LogP contribution in [0.2, 0.25) is 0 Å². The number of rotatable bonds is 4. The first-order valence-corrected chi connectivity index (χ1v) is 13.3. The van der Waals surface area contributed by atoms with Crippen LogP contribution in [-0.4, -0.2) is 82.7 Å². The zero-order chi connectivity index (χ0) is 26.8. The van der Waals surface area contributed by atoms with Crippen molar-refractivity contribution < 1.29 is 24.2 Å². The Labute approximate surface area is 222 Å². The average molecular weight is 516 g/mol. The molecule has 0 bridgehead atoms. The maximum Gasteiger partial charge on any atom is 0.253 e. The molecule has 1 N–H and O–H groups in total. The molecule has 3 amide bonds. The average Bonchev–Trinajstić information content (AvgIpc) is 3.19. The third-order valence-electron chi connectivity index (χ3n) is 8.82. The van der Waals surface area contributed by atoms with Gasteiger partial charge in [0.15, 0.2) is 0 Å². The van der Waals surface area contributed by atoms with Crippen LogP contribution in [0.4, 0.5) is 5.69 Å². The summed E-state index contributed by atoms with van der Waals surface area (Å²) in [6.07, 6.45) is 7.94. The van der Waals surface area contributed by atoms with Crippen LogP contribution in [-0.2, 0) is 19.1 Å². The minimum Gasteiger partial charge on any atom is -0.394 e. The van der Waals surface area contributed by atoms with Gasteiger partial charge in [-0.1, -0.05) is 61.6 Å². The zero-order valence-corrected chi connectivity index (χ0v) is 21.9. The molecule has 4 heterocycles. The number of likely N-dealkylation sites (tertiary alicyclic amines) is 1. The molecule has 8 heteroatoms. The van der Waals surface area contributed by atoms with Crippen LogP contribution in [0.25, 0.3) is 10.8 Å². The number of likely N-dealkylation sites (N-methyl/N-ethyl adjacent to an activating group) is 1. The lowest BCUT2D eigenvalue weighted by Crippen LogP contribution is -2.58. The quantitative estimate of drug-likeness (QED) is 0.632. The van der Waals surface area contributed by atoms with Gasteiger partial charge in [0.25, 0.3) is 5.91 Å². The minimum absolute atomic E-state index is 0.179. The smallest absolute Gasteiger partial charge is 0.253 e. The molecule has 0 aromatic heterocycles. The Hall–Kier alpha value is -3.49. The summed E-state index contributed by atoms with van der Waals surface area (Å²) >= 11 is 0. The van der Waals surface area contributed by atoms with E-state index in [4.69, 9.17) is 4.74 Å². The second kappa shape index (κ2) is 8.78. The van der Waals surface area contributed by atoms with Gasteiger partial charge in [0.1, 0.15) is 11.6 Å². The summed E-state index contributed by atoms with van der Waals surface area (Å²) in [6.45, 7) is 4.15. The van der Waals surface area contributed by atoms with E-state index in [1.807, 2.05) is 80.6 Å². The van der Waals surface area contributed by atoms with Crippen LogP contribution >= 0.6 is 0 Å². The lowest BCUT2D eigenvalue weighted by atomic mass is 9.74. The van der Waals surface area contributed by atoms with Gasteiger partial charge < -0.3 is 24.5 Å². The van der Waals surface area contributed by atoms with E-state index in [1.165, 1.54) is 4.90 Å². The van der Waals surface area contributed by atoms with Gasteiger partial charge in [-0.15, -0.1) is 0 Å². The molecule has 0 aliphatic carbocycles. The molecule has 1 unspecified atom stereocenters. The predicted octanol–water partition coefficient (Wildman–Crippen LogP) is 2.51. The van der Waals surface area contributed by atoms with Gasteiger partial charge in [-0.05, 0) is 36.2 Å².